The van der Waals surface area contributed by atoms with E-state index >= 15 is 0 Å². The van der Waals surface area contributed by atoms with E-state index in [1.807, 2.05) is 12.1 Å². The molecule has 1 aromatic rings. The topological polar surface area (TPSA) is 38.7 Å². The lowest BCUT2D eigenvalue weighted by Gasteiger charge is -2.27. The van der Waals surface area contributed by atoms with Crippen molar-refractivity contribution in [3.63, 3.8) is 0 Å². The highest BCUT2D eigenvalue weighted by molar-refractivity contribution is 8.00. The highest BCUT2D eigenvalue weighted by Gasteiger charge is 2.23. The van der Waals surface area contributed by atoms with Crippen LogP contribution in [0, 0.1) is 0 Å². The summed E-state index contributed by atoms with van der Waals surface area (Å²) in [6.45, 7) is 0. The van der Waals surface area contributed by atoms with Crippen LogP contribution in [0.2, 0.25) is 0 Å². The molecule has 0 bridgehead atoms. The molecular formula is C15H22O3S. The van der Waals surface area contributed by atoms with Gasteiger partial charge in [-0.25, -0.2) is 0 Å². The van der Waals surface area contributed by atoms with Crippen molar-refractivity contribution in [2.75, 3.05) is 14.2 Å². The zero-order valence-corrected chi connectivity index (χ0v) is 12.4. The number of hydrogen-bond donors (Lipinski definition) is 1. The minimum Gasteiger partial charge on any atom is -0.392 e. The molecule has 0 saturated heterocycles. The second-order valence-corrected chi connectivity index (χ2v) is 6.19. The molecule has 2 unspecified atom stereocenters. The molecule has 1 fully saturated rings. The number of ether oxygens (including phenoxy) is 2. The van der Waals surface area contributed by atoms with Gasteiger partial charge in [0.2, 0.25) is 0 Å². The summed E-state index contributed by atoms with van der Waals surface area (Å²) in [7, 11) is 3.27. The lowest BCUT2D eigenvalue weighted by molar-refractivity contribution is -0.106. The van der Waals surface area contributed by atoms with E-state index < -0.39 is 0 Å². The first-order chi connectivity index (χ1) is 9.24. The van der Waals surface area contributed by atoms with Crippen LogP contribution < -0.4 is 0 Å². The molecule has 1 aromatic carbocycles. The number of thioether (sulfide) groups is 1. The first-order valence-electron chi connectivity index (χ1n) is 6.75. The van der Waals surface area contributed by atoms with E-state index in [4.69, 9.17) is 9.47 Å². The van der Waals surface area contributed by atoms with Crippen LogP contribution in [0.1, 0.15) is 37.5 Å². The average molecular weight is 282 g/mol. The molecule has 0 radical (unpaired) electrons. The summed E-state index contributed by atoms with van der Waals surface area (Å²) in [4.78, 5) is 1.20. The molecule has 0 spiro atoms. The second-order valence-electron chi connectivity index (χ2n) is 4.88. The number of hydrogen-bond acceptors (Lipinski definition) is 4. The fourth-order valence-electron chi connectivity index (χ4n) is 2.46. The van der Waals surface area contributed by atoms with Gasteiger partial charge in [0.25, 0.3) is 0 Å². The molecule has 2 atom stereocenters. The molecule has 1 aliphatic rings. The standard InChI is InChI=1S/C15H22O3S/c1-17-15(18-2)11-7-9-12(10-8-11)19-14-6-4-3-5-13(14)16/h7-10,13-16H,3-6H2,1-2H3. The number of aliphatic hydroxyl groups is 1. The van der Waals surface area contributed by atoms with Crippen molar-refractivity contribution >= 4 is 11.8 Å². The zero-order chi connectivity index (χ0) is 13.7. The molecule has 0 aliphatic heterocycles. The molecule has 106 valence electrons. The average Bonchev–Trinajstić information content (AvgIpc) is 2.44. The molecular weight excluding hydrogens is 260 g/mol. The van der Waals surface area contributed by atoms with E-state index in [0.717, 1.165) is 24.8 Å². The van der Waals surface area contributed by atoms with Crippen molar-refractivity contribution in [3.8, 4) is 0 Å². The lowest BCUT2D eigenvalue weighted by Crippen LogP contribution is -2.26. The first-order valence-corrected chi connectivity index (χ1v) is 7.63. The molecule has 19 heavy (non-hydrogen) atoms. The normalized spacial score (nSPS) is 23.8. The van der Waals surface area contributed by atoms with Gasteiger partial charge in [0, 0.05) is 29.9 Å². The number of benzene rings is 1. The molecule has 2 rings (SSSR count). The van der Waals surface area contributed by atoms with Crippen molar-refractivity contribution in [1.29, 1.82) is 0 Å². The van der Waals surface area contributed by atoms with Crippen molar-refractivity contribution in [2.24, 2.45) is 0 Å². The monoisotopic (exact) mass is 282 g/mol. The molecule has 4 heteroatoms. The Morgan fingerprint density at radius 3 is 2.32 bits per heavy atom. The van der Waals surface area contributed by atoms with Crippen molar-refractivity contribution < 1.29 is 14.6 Å². The minimum atomic E-state index is -0.306. The largest absolute Gasteiger partial charge is 0.392 e. The Balaban J connectivity index is 1.98. The van der Waals surface area contributed by atoms with Crippen molar-refractivity contribution in [1.82, 2.24) is 0 Å². The summed E-state index contributed by atoms with van der Waals surface area (Å²) in [5, 5.41) is 10.3. The van der Waals surface area contributed by atoms with Crippen LogP contribution in [0.4, 0.5) is 0 Å². The molecule has 0 amide bonds. The summed E-state index contributed by atoms with van der Waals surface area (Å²) in [6, 6.07) is 8.20. The van der Waals surface area contributed by atoms with Crippen LogP contribution in [0.15, 0.2) is 29.2 Å². The molecule has 3 nitrogen and oxygen atoms in total. The first kappa shape index (κ1) is 14.9. The Hall–Kier alpha value is -0.550. The molecule has 1 aliphatic carbocycles. The van der Waals surface area contributed by atoms with E-state index in [0.29, 0.717) is 5.25 Å². The smallest absolute Gasteiger partial charge is 0.183 e. The zero-order valence-electron chi connectivity index (χ0n) is 11.5. The highest BCUT2D eigenvalue weighted by atomic mass is 32.2. The Morgan fingerprint density at radius 1 is 1.11 bits per heavy atom. The summed E-state index contributed by atoms with van der Waals surface area (Å²) in [6.07, 6.45) is 3.95. The number of rotatable bonds is 5. The predicted octanol–water partition coefficient (Wildman–Crippen LogP) is 3.37. The van der Waals surface area contributed by atoms with Gasteiger partial charge >= 0.3 is 0 Å². The second kappa shape index (κ2) is 7.29. The van der Waals surface area contributed by atoms with Gasteiger partial charge in [-0.05, 0) is 25.0 Å². The van der Waals surface area contributed by atoms with Crippen molar-refractivity contribution in [2.45, 2.75) is 48.2 Å². The van der Waals surface area contributed by atoms with Gasteiger partial charge in [-0.1, -0.05) is 25.0 Å². The van der Waals surface area contributed by atoms with Gasteiger partial charge in [-0.15, -0.1) is 11.8 Å². The number of methoxy groups -OCH3 is 2. The third kappa shape index (κ3) is 3.96. The SMILES string of the molecule is COC(OC)c1ccc(SC2CCCCC2O)cc1. The fraction of sp³-hybridized carbons (Fsp3) is 0.600. The molecule has 0 heterocycles. The third-order valence-electron chi connectivity index (χ3n) is 3.54. The predicted molar refractivity (Wildman–Crippen MR) is 77.3 cm³/mol. The fourth-order valence-corrected chi connectivity index (χ4v) is 3.68. The van der Waals surface area contributed by atoms with Gasteiger partial charge < -0.3 is 14.6 Å². The summed E-state index contributed by atoms with van der Waals surface area (Å²) in [5.74, 6) is 0. The van der Waals surface area contributed by atoms with Crippen LogP contribution in [-0.4, -0.2) is 30.7 Å². The van der Waals surface area contributed by atoms with Gasteiger partial charge in [0.05, 0.1) is 6.10 Å². The Labute approximate surface area is 119 Å². The Kier molecular flexibility index (Phi) is 5.70. The van der Waals surface area contributed by atoms with E-state index in [-0.39, 0.29) is 12.4 Å². The minimum absolute atomic E-state index is 0.163. The van der Waals surface area contributed by atoms with Crippen molar-refractivity contribution in [3.05, 3.63) is 29.8 Å². The highest BCUT2D eigenvalue weighted by Crippen LogP contribution is 2.34. The van der Waals surface area contributed by atoms with E-state index in [2.05, 4.69) is 12.1 Å². The van der Waals surface area contributed by atoms with Crippen LogP contribution in [0.5, 0.6) is 0 Å². The van der Waals surface area contributed by atoms with Crippen LogP contribution in [0.3, 0.4) is 0 Å². The third-order valence-corrected chi connectivity index (χ3v) is 4.93. The van der Waals surface area contributed by atoms with Gasteiger partial charge in [-0.3, -0.25) is 0 Å². The molecule has 1 saturated carbocycles. The van der Waals surface area contributed by atoms with Crippen LogP contribution in [0.25, 0.3) is 0 Å². The summed E-state index contributed by atoms with van der Waals surface area (Å²) < 4.78 is 10.4. The van der Waals surface area contributed by atoms with Gasteiger partial charge in [0.15, 0.2) is 6.29 Å². The maximum absolute atomic E-state index is 9.99. The lowest BCUT2D eigenvalue weighted by atomic mass is 9.97. The number of aliphatic hydroxyl groups excluding tert-OH is 1. The molecule has 0 aromatic heterocycles. The van der Waals surface area contributed by atoms with E-state index in [9.17, 15) is 5.11 Å². The van der Waals surface area contributed by atoms with E-state index in [1.165, 1.54) is 11.3 Å². The maximum atomic E-state index is 9.99. The van der Waals surface area contributed by atoms with Gasteiger partial charge in [0.1, 0.15) is 0 Å². The summed E-state index contributed by atoms with van der Waals surface area (Å²) in [5.41, 5.74) is 1.01. The van der Waals surface area contributed by atoms with E-state index in [1.54, 1.807) is 26.0 Å². The Bertz CT molecular complexity index is 375. The van der Waals surface area contributed by atoms with Gasteiger partial charge in [-0.2, -0.15) is 0 Å². The Morgan fingerprint density at radius 2 is 1.74 bits per heavy atom. The molecule has 1 N–H and O–H groups in total. The quantitative estimate of drug-likeness (QED) is 0.840. The maximum Gasteiger partial charge on any atom is 0.183 e. The summed E-state index contributed by atoms with van der Waals surface area (Å²) >= 11 is 1.78. The van der Waals surface area contributed by atoms with Crippen LogP contribution >= 0.6 is 11.8 Å². The van der Waals surface area contributed by atoms with Crippen LogP contribution in [-0.2, 0) is 9.47 Å².